The van der Waals surface area contributed by atoms with E-state index < -0.39 is 6.16 Å². The standard InChI is InChI=1S/C10H18O5S2/c1-3-13-9(11)5-7-16-17-8-6-15-10(12)14-4-2/h3-8H2,1-2H3. The topological polar surface area (TPSA) is 61.8 Å². The molecule has 0 radical (unpaired) electrons. The van der Waals surface area contributed by atoms with Crippen molar-refractivity contribution in [3.8, 4) is 0 Å². The number of esters is 1. The van der Waals surface area contributed by atoms with Gasteiger partial charge in [-0.25, -0.2) is 4.79 Å². The van der Waals surface area contributed by atoms with Gasteiger partial charge in [0.25, 0.3) is 0 Å². The van der Waals surface area contributed by atoms with Crippen LogP contribution in [0, 0.1) is 0 Å². The number of hydrogen-bond acceptors (Lipinski definition) is 7. The van der Waals surface area contributed by atoms with Crippen molar-refractivity contribution in [1.29, 1.82) is 0 Å². The maximum atomic E-state index is 11.0. The van der Waals surface area contributed by atoms with Crippen molar-refractivity contribution in [3.63, 3.8) is 0 Å². The van der Waals surface area contributed by atoms with Crippen LogP contribution in [0.4, 0.5) is 4.79 Å². The highest BCUT2D eigenvalue weighted by Gasteiger charge is 2.03. The van der Waals surface area contributed by atoms with E-state index in [2.05, 4.69) is 4.74 Å². The molecular weight excluding hydrogens is 264 g/mol. The van der Waals surface area contributed by atoms with Crippen LogP contribution in [0.15, 0.2) is 0 Å². The maximum Gasteiger partial charge on any atom is 0.508 e. The first kappa shape index (κ1) is 16.4. The van der Waals surface area contributed by atoms with E-state index >= 15 is 0 Å². The molecule has 0 saturated heterocycles. The van der Waals surface area contributed by atoms with E-state index in [1.165, 1.54) is 0 Å². The molecule has 0 aliphatic carbocycles. The Morgan fingerprint density at radius 2 is 1.59 bits per heavy atom. The molecule has 0 atom stereocenters. The van der Waals surface area contributed by atoms with Crippen LogP contribution in [0.2, 0.25) is 0 Å². The van der Waals surface area contributed by atoms with E-state index in [1.807, 2.05) is 0 Å². The van der Waals surface area contributed by atoms with Crippen LogP contribution >= 0.6 is 21.6 Å². The lowest BCUT2D eigenvalue weighted by atomic mass is 10.5. The summed E-state index contributed by atoms with van der Waals surface area (Å²) in [7, 11) is 3.11. The van der Waals surface area contributed by atoms with Crippen LogP contribution in [0.25, 0.3) is 0 Å². The van der Waals surface area contributed by atoms with Crippen molar-refractivity contribution in [2.45, 2.75) is 20.3 Å². The Labute approximate surface area is 109 Å². The quantitative estimate of drug-likeness (QED) is 0.366. The van der Waals surface area contributed by atoms with Gasteiger partial charge in [0.05, 0.1) is 19.6 Å². The molecule has 7 heteroatoms. The minimum atomic E-state index is -0.635. The van der Waals surface area contributed by atoms with E-state index in [9.17, 15) is 9.59 Å². The molecule has 0 aromatic carbocycles. The SMILES string of the molecule is CCOC(=O)CCSSCCOC(=O)OCC. The number of rotatable bonds is 9. The first-order valence-electron chi connectivity index (χ1n) is 5.40. The highest BCUT2D eigenvalue weighted by Crippen LogP contribution is 2.21. The predicted octanol–water partition coefficient (Wildman–Crippen LogP) is 2.49. The van der Waals surface area contributed by atoms with Gasteiger partial charge in [-0.15, -0.1) is 0 Å². The van der Waals surface area contributed by atoms with Gasteiger partial charge in [0.15, 0.2) is 0 Å². The zero-order valence-electron chi connectivity index (χ0n) is 10.1. The predicted molar refractivity (Wildman–Crippen MR) is 69.1 cm³/mol. The summed E-state index contributed by atoms with van der Waals surface area (Å²) >= 11 is 0. The number of hydrogen-bond donors (Lipinski definition) is 0. The second-order valence-electron chi connectivity index (χ2n) is 2.73. The molecule has 0 saturated carbocycles. The number of ether oxygens (including phenoxy) is 3. The average Bonchev–Trinajstić information content (AvgIpc) is 2.28. The van der Waals surface area contributed by atoms with E-state index in [1.54, 1.807) is 35.4 Å². The molecule has 0 N–H and O–H groups in total. The van der Waals surface area contributed by atoms with Crippen LogP contribution in [0.5, 0.6) is 0 Å². The Kier molecular flexibility index (Phi) is 11.5. The van der Waals surface area contributed by atoms with Crippen LogP contribution in [0.3, 0.4) is 0 Å². The molecule has 0 aromatic rings. The summed E-state index contributed by atoms with van der Waals surface area (Å²) in [6.07, 6.45) is -0.228. The summed E-state index contributed by atoms with van der Waals surface area (Å²) in [6.45, 7) is 4.56. The second kappa shape index (κ2) is 11.9. The van der Waals surface area contributed by atoms with Gasteiger partial charge >= 0.3 is 12.1 Å². The fraction of sp³-hybridized carbons (Fsp3) is 0.800. The minimum Gasteiger partial charge on any atom is -0.466 e. The molecule has 0 fully saturated rings. The van der Waals surface area contributed by atoms with Gasteiger partial charge in [0.2, 0.25) is 0 Å². The van der Waals surface area contributed by atoms with Crippen LogP contribution in [-0.4, -0.2) is 43.5 Å². The van der Waals surface area contributed by atoms with Crippen molar-refractivity contribution in [2.75, 3.05) is 31.3 Å². The molecule has 0 heterocycles. The van der Waals surface area contributed by atoms with Crippen molar-refractivity contribution >= 4 is 33.7 Å². The number of carbonyl (C=O) groups excluding carboxylic acids is 2. The van der Waals surface area contributed by atoms with Gasteiger partial charge in [0, 0.05) is 11.5 Å². The molecule has 0 bridgehead atoms. The summed E-state index contributed by atoms with van der Waals surface area (Å²) in [5, 5.41) is 0. The van der Waals surface area contributed by atoms with E-state index in [-0.39, 0.29) is 5.97 Å². The molecule has 100 valence electrons. The highest BCUT2D eigenvalue weighted by molar-refractivity contribution is 8.76. The lowest BCUT2D eigenvalue weighted by Crippen LogP contribution is -2.09. The van der Waals surface area contributed by atoms with Gasteiger partial charge < -0.3 is 14.2 Å². The minimum absolute atomic E-state index is 0.177. The average molecular weight is 282 g/mol. The Bertz CT molecular complexity index is 201. The molecule has 0 aliphatic heterocycles. The third kappa shape index (κ3) is 11.7. The third-order valence-corrected chi connectivity index (χ3v) is 3.80. The molecular formula is C10H18O5S2. The second-order valence-corrected chi connectivity index (χ2v) is 5.43. The first-order valence-corrected chi connectivity index (χ1v) is 7.89. The smallest absolute Gasteiger partial charge is 0.466 e. The Balaban J connectivity index is 3.18. The molecule has 0 rings (SSSR count). The summed E-state index contributed by atoms with van der Waals surface area (Å²) < 4.78 is 14.1. The van der Waals surface area contributed by atoms with Gasteiger partial charge in [-0.2, -0.15) is 0 Å². The maximum absolute atomic E-state index is 11.0. The fourth-order valence-corrected chi connectivity index (χ4v) is 2.59. The fourth-order valence-electron chi connectivity index (χ4n) is 0.795. The number of carbonyl (C=O) groups is 2. The van der Waals surface area contributed by atoms with Gasteiger partial charge in [0.1, 0.15) is 6.61 Å². The van der Waals surface area contributed by atoms with Gasteiger partial charge in [-0.1, -0.05) is 21.6 Å². The van der Waals surface area contributed by atoms with Crippen molar-refractivity contribution < 1.29 is 23.8 Å². The summed E-state index contributed by atoms with van der Waals surface area (Å²) in [5.41, 5.74) is 0. The zero-order chi connectivity index (χ0) is 12.9. The van der Waals surface area contributed by atoms with E-state index in [4.69, 9.17) is 9.47 Å². The van der Waals surface area contributed by atoms with Crippen LogP contribution in [-0.2, 0) is 19.0 Å². The summed E-state index contributed by atoms with van der Waals surface area (Å²) in [5.74, 6) is 1.19. The Morgan fingerprint density at radius 3 is 2.24 bits per heavy atom. The monoisotopic (exact) mass is 282 g/mol. The highest BCUT2D eigenvalue weighted by atomic mass is 33.1. The molecule has 0 aliphatic rings. The zero-order valence-corrected chi connectivity index (χ0v) is 11.7. The summed E-state index contributed by atoms with van der Waals surface area (Å²) in [6, 6.07) is 0. The molecule has 0 amide bonds. The van der Waals surface area contributed by atoms with E-state index in [0.717, 1.165) is 0 Å². The lowest BCUT2D eigenvalue weighted by molar-refractivity contribution is -0.142. The Morgan fingerprint density at radius 1 is 0.941 bits per heavy atom. The first-order chi connectivity index (χ1) is 8.20. The van der Waals surface area contributed by atoms with Crippen molar-refractivity contribution in [2.24, 2.45) is 0 Å². The van der Waals surface area contributed by atoms with E-state index in [0.29, 0.717) is 37.7 Å². The van der Waals surface area contributed by atoms with Crippen LogP contribution < -0.4 is 0 Å². The van der Waals surface area contributed by atoms with Crippen LogP contribution in [0.1, 0.15) is 20.3 Å². The lowest BCUT2D eigenvalue weighted by Gasteiger charge is -2.04. The van der Waals surface area contributed by atoms with Crippen molar-refractivity contribution in [3.05, 3.63) is 0 Å². The summed E-state index contributed by atoms with van der Waals surface area (Å²) in [4.78, 5) is 21.7. The molecule has 0 unspecified atom stereocenters. The normalized spacial score (nSPS) is 9.76. The molecule has 0 spiro atoms. The van der Waals surface area contributed by atoms with Crippen molar-refractivity contribution in [1.82, 2.24) is 0 Å². The van der Waals surface area contributed by atoms with Gasteiger partial charge in [-0.05, 0) is 13.8 Å². The largest absolute Gasteiger partial charge is 0.508 e. The van der Waals surface area contributed by atoms with Gasteiger partial charge in [-0.3, -0.25) is 4.79 Å². The Hall–Kier alpha value is -0.560. The molecule has 0 aromatic heterocycles. The molecule has 17 heavy (non-hydrogen) atoms. The third-order valence-electron chi connectivity index (χ3n) is 1.43. The molecule has 5 nitrogen and oxygen atoms in total.